The van der Waals surface area contributed by atoms with Gasteiger partial charge in [-0.2, -0.15) is 10.2 Å². The first kappa shape index (κ1) is 15.8. The normalized spacial score (nSPS) is 24.6. The van der Waals surface area contributed by atoms with Crippen LogP contribution in [0, 0.1) is 12.8 Å². The summed E-state index contributed by atoms with van der Waals surface area (Å²) in [5.74, 6) is 1.43. The average Bonchev–Trinajstić information content (AvgIpc) is 3.19. The molecule has 2 unspecified atom stereocenters. The molecule has 5 rings (SSSR count). The van der Waals surface area contributed by atoms with Gasteiger partial charge in [0, 0.05) is 38.3 Å². The lowest BCUT2D eigenvalue weighted by Crippen LogP contribution is -2.43. The number of carbonyl (C=O) groups excluding carboxylic acids is 1. The number of carbonyl (C=O) groups is 1. The van der Waals surface area contributed by atoms with Crippen LogP contribution in [0.5, 0.6) is 0 Å². The Hall–Kier alpha value is -2.38. The highest BCUT2D eigenvalue weighted by atomic mass is 16.2. The molecule has 3 aliphatic rings. The molecule has 0 N–H and O–H groups in total. The minimum absolute atomic E-state index is 0.0134. The third-order valence-corrected chi connectivity index (χ3v) is 6.13. The molecule has 8 nitrogen and oxygen atoms in total. The molecule has 0 aromatic carbocycles. The van der Waals surface area contributed by atoms with Crippen molar-refractivity contribution in [3.05, 3.63) is 33.8 Å². The maximum absolute atomic E-state index is 13.1. The average molecular weight is 356 g/mol. The number of aromatic nitrogens is 5. The summed E-state index contributed by atoms with van der Waals surface area (Å²) >= 11 is 0. The second kappa shape index (κ2) is 5.56. The maximum atomic E-state index is 13.1. The third-order valence-electron chi connectivity index (χ3n) is 6.13. The fourth-order valence-corrected chi connectivity index (χ4v) is 4.38. The summed E-state index contributed by atoms with van der Waals surface area (Å²) < 4.78 is 5.18. The fraction of sp³-hybridized carbons (Fsp3) is 0.667. The van der Waals surface area contributed by atoms with Gasteiger partial charge in [0.05, 0.1) is 6.04 Å². The van der Waals surface area contributed by atoms with Gasteiger partial charge in [0.25, 0.3) is 5.91 Å². The van der Waals surface area contributed by atoms with Crippen molar-refractivity contribution in [2.75, 3.05) is 0 Å². The van der Waals surface area contributed by atoms with Gasteiger partial charge >= 0.3 is 5.69 Å². The molecule has 1 saturated heterocycles. The van der Waals surface area contributed by atoms with Crippen LogP contribution in [0.15, 0.2) is 10.9 Å². The Morgan fingerprint density at radius 1 is 1.19 bits per heavy atom. The second-order valence-corrected chi connectivity index (χ2v) is 8.03. The summed E-state index contributed by atoms with van der Waals surface area (Å²) in [5.41, 5.74) is 1.44. The van der Waals surface area contributed by atoms with Crippen molar-refractivity contribution < 1.29 is 4.79 Å². The molecule has 8 heteroatoms. The molecule has 2 bridgehead atoms. The first-order valence-corrected chi connectivity index (χ1v) is 9.51. The van der Waals surface area contributed by atoms with Gasteiger partial charge in [-0.1, -0.05) is 0 Å². The van der Waals surface area contributed by atoms with Crippen LogP contribution >= 0.6 is 0 Å². The van der Waals surface area contributed by atoms with Gasteiger partial charge in [-0.05, 0) is 44.6 Å². The number of aryl methyl sites for hydroxylation is 2. The van der Waals surface area contributed by atoms with Crippen LogP contribution in [0.25, 0.3) is 0 Å². The van der Waals surface area contributed by atoms with E-state index in [0.29, 0.717) is 24.6 Å². The van der Waals surface area contributed by atoms with E-state index >= 15 is 0 Å². The molecule has 2 atom stereocenters. The molecule has 1 saturated carbocycles. The van der Waals surface area contributed by atoms with Crippen molar-refractivity contribution in [3.63, 3.8) is 0 Å². The minimum Gasteiger partial charge on any atom is -0.329 e. The topological polar surface area (TPSA) is 78.0 Å². The van der Waals surface area contributed by atoms with Crippen LogP contribution in [0.2, 0.25) is 0 Å². The van der Waals surface area contributed by atoms with E-state index in [1.807, 2.05) is 24.9 Å². The van der Waals surface area contributed by atoms with Gasteiger partial charge in [-0.25, -0.2) is 9.48 Å². The highest BCUT2D eigenvalue weighted by Gasteiger charge is 2.42. The smallest absolute Gasteiger partial charge is 0.329 e. The van der Waals surface area contributed by atoms with E-state index in [4.69, 9.17) is 0 Å². The molecular weight excluding hydrogens is 332 g/mol. The zero-order chi connectivity index (χ0) is 18.0. The first-order chi connectivity index (χ1) is 12.5. The summed E-state index contributed by atoms with van der Waals surface area (Å²) in [6.45, 7) is 3.23. The van der Waals surface area contributed by atoms with E-state index in [-0.39, 0.29) is 23.7 Å². The molecule has 2 fully saturated rings. The van der Waals surface area contributed by atoms with Crippen LogP contribution in [0.3, 0.4) is 0 Å². The molecule has 1 amide bonds. The van der Waals surface area contributed by atoms with E-state index in [1.54, 1.807) is 13.9 Å². The summed E-state index contributed by atoms with van der Waals surface area (Å²) in [5, 5.41) is 8.96. The first-order valence-electron chi connectivity index (χ1n) is 9.51. The number of hydrogen-bond acceptors (Lipinski definition) is 4. The Labute approximate surface area is 151 Å². The van der Waals surface area contributed by atoms with Crippen LogP contribution in [0.1, 0.15) is 47.7 Å². The van der Waals surface area contributed by atoms with Crippen LogP contribution in [0.4, 0.5) is 0 Å². The summed E-state index contributed by atoms with van der Waals surface area (Å²) in [6, 6.07) is 1.99. The van der Waals surface area contributed by atoms with E-state index in [0.717, 1.165) is 30.9 Å². The SMILES string of the molecule is Cc1cc(C(=O)N2C3CCC2Cn2c(nn(CC4CC4)c2=O)C3)nn1C. The van der Waals surface area contributed by atoms with Gasteiger partial charge in [-0.3, -0.25) is 14.0 Å². The van der Waals surface area contributed by atoms with E-state index < -0.39 is 0 Å². The van der Waals surface area contributed by atoms with Gasteiger partial charge < -0.3 is 4.90 Å². The lowest BCUT2D eigenvalue weighted by atomic mass is 10.1. The van der Waals surface area contributed by atoms with E-state index in [2.05, 4.69) is 10.2 Å². The quantitative estimate of drug-likeness (QED) is 0.812. The van der Waals surface area contributed by atoms with Gasteiger partial charge in [-0.15, -0.1) is 0 Å². The Morgan fingerprint density at radius 3 is 2.65 bits per heavy atom. The third kappa shape index (κ3) is 2.42. The zero-order valence-corrected chi connectivity index (χ0v) is 15.3. The molecule has 2 aromatic rings. The lowest BCUT2D eigenvalue weighted by Gasteiger charge is -2.27. The molecular formula is C18H24N6O2. The van der Waals surface area contributed by atoms with Crippen molar-refractivity contribution >= 4 is 5.91 Å². The maximum Gasteiger partial charge on any atom is 0.345 e. The standard InChI is InChI=1S/C18H24N6O2/c1-11-7-15(19-21(11)2)17(25)24-13-5-6-14(24)10-22-16(8-13)20-23(18(22)26)9-12-3-4-12/h7,12-14H,3-6,8-10H2,1-2H3. The van der Waals surface area contributed by atoms with E-state index in [9.17, 15) is 9.59 Å². The summed E-state index contributed by atoms with van der Waals surface area (Å²) in [7, 11) is 1.85. The van der Waals surface area contributed by atoms with Gasteiger partial charge in [0.2, 0.25) is 0 Å². The second-order valence-electron chi connectivity index (χ2n) is 8.03. The molecule has 0 spiro atoms. The van der Waals surface area contributed by atoms with Crippen LogP contribution in [-0.2, 0) is 26.6 Å². The Balaban J connectivity index is 1.45. The van der Waals surface area contributed by atoms with Crippen LogP contribution < -0.4 is 5.69 Å². The number of nitrogens with zero attached hydrogens (tertiary/aromatic N) is 6. The molecule has 26 heavy (non-hydrogen) atoms. The number of fused-ring (bicyclic) bond motifs is 3. The Morgan fingerprint density at radius 2 is 1.96 bits per heavy atom. The number of rotatable bonds is 3. The highest BCUT2D eigenvalue weighted by Crippen LogP contribution is 2.33. The fourth-order valence-electron chi connectivity index (χ4n) is 4.38. The number of hydrogen-bond donors (Lipinski definition) is 0. The molecule has 0 radical (unpaired) electrons. The monoisotopic (exact) mass is 356 g/mol. The van der Waals surface area contributed by atoms with Crippen molar-refractivity contribution in [2.45, 2.75) is 64.2 Å². The largest absolute Gasteiger partial charge is 0.345 e. The molecule has 4 heterocycles. The van der Waals surface area contributed by atoms with E-state index in [1.165, 1.54) is 12.8 Å². The van der Waals surface area contributed by atoms with Gasteiger partial charge in [0.1, 0.15) is 5.82 Å². The zero-order valence-electron chi connectivity index (χ0n) is 15.3. The number of amides is 1. The molecule has 2 aliphatic heterocycles. The Bertz CT molecular complexity index is 915. The predicted octanol–water partition coefficient (Wildman–Crippen LogP) is 0.726. The molecule has 138 valence electrons. The van der Waals surface area contributed by atoms with Crippen molar-refractivity contribution in [3.8, 4) is 0 Å². The summed E-state index contributed by atoms with van der Waals surface area (Å²) in [4.78, 5) is 27.8. The van der Waals surface area contributed by atoms with Crippen LogP contribution in [-0.4, -0.2) is 47.0 Å². The van der Waals surface area contributed by atoms with Crippen molar-refractivity contribution in [2.24, 2.45) is 13.0 Å². The van der Waals surface area contributed by atoms with Crippen molar-refractivity contribution in [1.29, 1.82) is 0 Å². The van der Waals surface area contributed by atoms with Gasteiger partial charge in [0.15, 0.2) is 5.69 Å². The summed E-state index contributed by atoms with van der Waals surface area (Å²) in [6.07, 6.45) is 4.95. The lowest BCUT2D eigenvalue weighted by molar-refractivity contribution is 0.0657. The van der Waals surface area contributed by atoms with Crippen molar-refractivity contribution in [1.82, 2.24) is 29.0 Å². The minimum atomic E-state index is -0.0229. The Kier molecular flexibility index (Phi) is 3.39. The predicted molar refractivity (Wildman–Crippen MR) is 93.8 cm³/mol. The molecule has 2 aromatic heterocycles. The molecule has 1 aliphatic carbocycles. The highest BCUT2D eigenvalue weighted by molar-refractivity contribution is 5.93.